The van der Waals surface area contributed by atoms with Gasteiger partial charge in [0.2, 0.25) is 5.91 Å². The van der Waals surface area contributed by atoms with Crippen LogP contribution in [0, 0.1) is 0 Å². The van der Waals surface area contributed by atoms with Crippen molar-refractivity contribution in [2.75, 3.05) is 52.0 Å². The normalized spacial score (nSPS) is 11.9. The smallest absolute Gasteiger partial charge is 0.408 e. The van der Waals surface area contributed by atoms with Crippen molar-refractivity contribution in [2.24, 2.45) is 0 Å². The molecular formula is C42H53N3O14. The van der Waals surface area contributed by atoms with E-state index in [-0.39, 0.29) is 73.6 Å². The van der Waals surface area contributed by atoms with Crippen molar-refractivity contribution in [2.45, 2.75) is 71.4 Å². The second-order valence-corrected chi connectivity index (χ2v) is 13.9. The zero-order valence-corrected chi connectivity index (χ0v) is 34.3. The molecule has 320 valence electrons. The first-order valence-corrected chi connectivity index (χ1v) is 18.9. The van der Waals surface area contributed by atoms with Gasteiger partial charge < -0.3 is 54.2 Å². The Morgan fingerprint density at radius 3 is 2.14 bits per heavy atom. The number of nitrogens with zero attached hydrogens (tertiary/aromatic N) is 1. The van der Waals surface area contributed by atoms with E-state index in [0.717, 1.165) is 4.90 Å². The van der Waals surface area contributed by atoms with E-state index >= 15 is 0 Å². The number of anilines is 1. The van der Waals surface area contributed by atoms with Crippen LogP contribution in [0.1, 0.15) is 74.9 Å². The lowest BCUT2D eigenvalue weighted by Gasteiger charge is -2.27. The first-order chi connectivity index (χ1) is 28.0. The van der Waals surface area contributed by atoms with Crippen LogP contribution in [0.5, 0.6) is 23.0 Å². The van der Waals surface area contributed by atoms with Crippen LogP contribution >= 0.6 is 0 Å². The minimum absolute atomic E-state index is 0.00925. The first-order valence-electron chi connectivity index (χ1n) is 18.9. The van der Waals surface area contributed by atoms with Gasteiger partial charge in [0.25, 0.3) is 0 Å². The van der Waals surface area contributed by atoms with Gasteiger partial charge in [0.1, 0.15) is 34.6 Å². The van der Waals surface area contributed by atoms with E-state index in [1.807, 2.05) is 0 Å². The Bertz CT molecular complexity index is 1930. The number of esters is 3. The predicted molar refractivity (Wildman–Crippen MR) is 214 cm³/mol. The summed E-state index contributed by atoms with van der Waals surface area (Å²) in [6.07, 6.45) is 0.0833. The maximum atomic E-state index is 13.5. The number of phenols is 2. The molecule has 3 aromatic rings. The SMILES string of the molecule is CCOC(=O)C(=O)N(CC(C(=O)OCC)c1ccc(OC)c(O)c1)c1ccc(C[C@H](NC(=O)OC(C)(C)C)C(=O)NCCCCOc2cccc(O)c2C(=O)OC)cc1. The monoisotopic (exact) mass is 823 g/mol. The molecule has 2 atom stereocenters. The van der Waals surface area contributed by atoms with Crippen molar-refractivity contribution in [3.8, 4) is 23.0 Å². The van der Waals surface area contributed by atoms with Crippen molar-refractivity contribution in [1.82, 2.24) is 10.6 Å². The maximum absolute atomic E-state index is 13.5. The fourth-order valence-corrected chi connectivity index (χ4v) is 5.67. The molecule has 0 aliphatic heterocycles. The summed E-state index contributed by atoms with van der Waals surface area (Å²) in [5, 5.41) is 26.0. The molecule has 0 aliphatic carbocycles. The summed E-state index contributed by atoms with van der Waals surface area (Å²) >= 11 is 0. The average Bonchev–Trinajstić information content (AvgIpc) is 3.18. The van der Waals surface area contributed by atoms with E-state index in [2.05, 4.69) is 10.6 Å². The fraction of sp³-hybridized carbons (Fsp3) is 0.429. The number of nitrogens with one attached hydrogen (secondary N) is 2. The lowest BCUT2D eigenvalue weighted by atomic mass is 9.97. The molecule has 0 heterocycles. The summed E-state index contributed by atoms with van der Waals surface area (Å²) in [7, 11) is 2.56. The summed E-state index contributed by atoms with van der Waals surface area (Å²) in [5.41, 5.74) is 0.0970. The second kappa shape index (κ2) is 22.4. The maximum Gasteiger partial charge on any atom is 0.408 e. The van der Waals surface area contributed by atoms with Gasteiger partial charge in [-0.25, -0.2) is 14.4 Å². The minimum atomic E-state index is -1.16. The number of aromatic hydroxyl groups is 2. The average molecular weight is 824 g/mol. The van der Waals surface area contributed by atoms with E-state index in [1.54, 1.807) is 46.8 Å². The van der Waals surface area contributed by atoms with Gasteiger partial charge in [-0.1, -0.05) is 24.3 Å². The molecule has 0 aliphatic rings. The highest BCUT2D eigenvalue weighted by Gasteiger charge is 2.33. The number of rotatable bonds is 19. The lowest BCUT2D eigenvalue weighted by Crippen LogP contribution is -2.49. The van der Waals surface area contributed by atoms with E-state index in [4.69, 9.17) is 28.4 Å². The van der Waals surface area contributed by atoms with Crippen LogP contribution in [0.3, 0.4) is 0 Å². The van der Waals surface area contributed by atoms with Gasteiger partial charge in [0.05, 0.1) is 34.0 Å². The highest BCUT2D eigenvalue weighted by Crippen LogP contribution is 2.32. The van der Waals surface area contributed by atoms with Crippen LogP contribution in [0.4, 0.5) is 10.5 Å². The number of carbonyl (C=O) groups excluding carboxylic acids is 6. The third kappa shape index (κ3) is 14.1. The molecule has 1 unspecified atom stereocenters. The zero-order valence-electron chi connectivity index (χ0n) is 34.3. The number of ether oxygens (including phenoxy) is 6. The Morgan fingerprint density at radius 2 is 1.53 bits per heavy atom. The van der Waals surface area contributed by atoms with Crippen LogP contribution in [0.25, 0.3) is 0 Å². The molecule has 59 heavy (non-hydrogen) atoms. The van der Waals surface area contributed by atoms with Crippen LogP contribution in [0.2, 0.25) is 0 Å². The molecule has 0 fully saturated rings. The van der Waals surface area contributed by atoms with E-state index in [9.17, 15) is 39.0 Å². The van der Waals surface area contributed by atoms with Crippen molar-refractivity contribution < 1.29 is 67.4 Å². The van der Waals surface area contributed by atoms with E-state index < -0.39 is 53.4 Å². The number of hydrogen-bond acceptors (Lipinski definition) is 14. The summed E-state index contributed by atoms with van der Waals surface area (Å²) < 4.78 is 31.2. The van der Waals surface area contributed by atoms with Crippen LogP contribution in [-0.2, 0) is 44.5 Å². The Labute approximate surface area is 342 Å². The molecule has 0 bridgehead atoms. The number of methoxy groups -OCH3 is 2. The van der Waals surface area contributed by atoms with E-state index in [0.29, 0.717) is 24.0 Å². The topological polar surface area (TPSA) is 226 Å². The van der Waals surface area contributed by atoms with Crippen molar-refractivity contribution in [1.29, 1.82) is 0 Å². The summed E-state index contributed by atoms with van der Waals surface area (Å²) in [6.45, 7) is 8.14. The third-order valence-electron chi connectivity index (χ3n) is 8.45. The molecule has 17 heteroatoms. The Balaban J connectivity index is 1.81. The summed E-state index contributed by atoms with van der Waals surface area (Å²) in [6, 6.07) is 13.8. The van der Waals surface area contributed by atoms with Crippen molar-refractivity contribution >= 4 is 41.5 Å². The lowest BCUT2D eigenvalue weighted by molar-refractivity contribution is -0.153. The Kier molecular flexibility index (Phi) is 17.8. The molecule has 0 spiro atoms. The molecule has 3 amide bonds. The van der Waals surface area contributed by atoms with Crippen LogP contribution in [-0.4, -0.2) is 105 Å². The van der Waals surface area contributed by atoms with Crippen LogP contribution in [0.15, 0.2) is 60.7 Å². The predicted octanol–water partition coefficient (Wildman–Crippen LogP) is 4.55. The molecule has 0 saturated carbocycles. The number of hydrogen-bond donors (Lipinski definition) is 4. The largest absolute Gasteiger partial charge is 0.507 e. The zero-order chi connectivity index (χ0) is 43.7. The molecule has 3 rings (SSSR count). The van der Waals surface area contributed by atoms with Gasteiger partial charge in [-0.2, -0.15) is 0 Å². The van der Waals surface area contributed by atoms with Gasteiger partial charge >= 0.3 is 29.9 Å². The molecule has 4 N–H and O–H groups in total. The quantitative estimate of drug-likeness (QED) is 0.0564. The minimum Gasteiger partial charge on any atom is -0.507 e. The van der Waals surface area contributed by atoms with Crippen LogP contribution < -0.4 is 25.0 Å². The highest BCUT2D eigenvalue weighted by atomic mass is 16.6. The van der Waals surface area contributed by atoms with Gasteiger partial charge in [-0.3, -0.25) is 14.4 Å². The Hall–Kier alpha value is -6.52. The fourth-order valence-electron chi connectivity index (χ4n) is 5.67. The number of amides is 3. The number of alkyl carbamates (subject to hydrolysis) is 1. The Morgan fingerprint density at radius 1 is 0.831 bits per heavy atom. The summed E-state index contributed by atoms with van der Waals surface area (Å²) in [4.78, 5) is 79.0. The second-order valence-electron chi connectivity index (χ2n) is 13.9. The number of carbonyl (C=O) groups is 6. The highest BCUT2D eigenvalue weighted by molar-refractivity contribution is 6.38. The molecule has 0 aromatic heterocycles. The molecule has 0 saturated heterocycles. The van der Waals surface area contributed by atoms with Crippen molar-refractivity contribution in [3.63, 3.8) is 0 Å². The van der Waals surface area contributed by atoms with E-state index in [1.165, 1.54) is 62.8 Å². The summed E-state index contributed by atoms with van der Waals surface area (Å²) in [5.74, 6) is -5.57. The third-order valence-corrected chi connectivity index (χ3v) is 8.45. The first kappa shape index (κ1) is 46.9. The number of benzene rings is 3. The number of phenolic OH excluding ortho intramolecular Hbond substituents is 2. The molecular weight excluding hydrogens is 770 g/mol. The molecule has 17 nitrogen and oxygen atoms in total. The van der Waals surface area contributed by atoms with Gasteiger partial charge in [-0.15, -0.1) is 0 Å². The van der Waals surface area contributed by atoms with Gasteiger partial charge in [-0.05, 0) is 95.0 Å². The van der Waals surface area contributed by atoms with Gasteiger partial charge in [0.15, 0.2) is 11.5 Å². The standard InChI is InChI=1S/C42H53N3O14/c1-8-56-38(50)29(27-17-20-33(54-6)32(47)24-27)25-45(37(49)40(52)57-9-2)28-18-15-26(16-19-28)23-30(44-41(53)59-42(3,4)5)36(48)43-21-10-11-22-58-34-14-12-13-31(46)35(34)39(51)55-7/h12-20,24,29-30,46-47H,8-11,21-23,25H2,1-7H3,(H,43,48)(H,44,53)/t29?,30-/m0/s1. The van der Waals surface area contributed by atoms with Gasteiger partial charge in [0, 0.05) is 25.2 Å². The van der Waals surface area contributed by atoms with Crippen molar-refractivity contribution in [3.05, 3.63) is 77.4 Å². The molecule has 0 radical (unpaired) electrons. The molecule has 3 aromatic carbocycles. The number of unbranched alkanes of at least 4 members (excludes halogenated alkanes) is 1.